The van der Waals surface area contributed by atoms with Gasteiger partial charge in [0, 0.05) is 37.5 Å². The number of carbonyl (C=O) groups excluding carboxylic acids is 1. The van der Waals surface area contributed by atoms with Crippen molar-refractivity contribution in [3.63, 3.8) is 0 Å². The molecular weight excluding hydrogens is 244 g/mol. The second-order valence-corrected chi connectivity index (χ2v) is 4.92. The van der Waals surface area contributed by atoms with Gasteiger partial charge in [-0.15, -0.1) is 0 Å². The first-order valence-electron chi connectivity index (χ1n) is 6.58. The first-order valence-corrected chi connectivity index (χ1v) is 6.58. The van der Waals surface area contributed by atoms with Crippen LogP contribution >= 0.6 is 0 Å². The van der Waals surface area contributed by atoms with Crippen molar-refractivity contribution in [3.8, 4) is 0 Å². The van der Waals surface area contributed by atoms with Crippen LogP contribution in [0.2, 0.25) is 0 Å². The Bertz CT molecular complexity index is 447. The molecule has 0 bridgehead atoms. The van der Waals surface area contributed by atoms with Gasteiger partial charge in [-0.05, 0) is 37.3 Å². The van der Waals surface area contributed by atoms with Crippen LogP contribution < -0.4 is 0 Å². The Kier molecular flexibility index (Phi) is 4.49. The highest BCUT2D eigenvalue weighted by Gasteiger charge is 2.22. The predicted molar refractivity (Wildman–Crippen MR) is 69.7 cm³/mol. The van der Waals surface area contributed by atoms with Gasteiger partial charge < -0.3 is 10.0 Å². The average molecular weight is 262 g/mol. The first kappa shape index (κ1) is 13.5. The van der Waals surface area contributed by atoms with Gasteiger partial charge in [0.1, 0.15) is 0 Å². The number of aliphatic carboxylic acids is 1. The summed E-state index contributed by atoms with van der Waals surface area (Å²) in [7, 11) is 0. The van der Waals surface area contributed by atoms with Gasteiger partial charge in [0.25, 0.3) is 5.91 Å². The van der Waals surface area contributed by atoms with E-state index in [0.717, 1.165) is 19.3 Å². The van der Waals surface area contributed by atoms with Crippen molar-refractivity contribution in [1.82, 2.24) is 9.88 Å². The lowest BCUT2D eigenvalue weighted by atomic mass is 9.97. The summed E-state index contributed by atoms with van der Waals surface area (Å²) in [5.41, 5.74) is 0.645. The molecule has 2 rings (SSSR count). The van der Waals surface area contributed by atoms with Crippen LogP contribution in [0, 0.1) is 5.92 Å². The largest absolute Gasteiger partial charge is 0.481 e. The normalized spacial score (nSPS) is 19.8. The Balaban J connectivity index is 1.96. The maximum Gasteiger partial charge on any atom is 0.303 e. The monoisotopic (exact) mass is 262 g/mol. The zero-order valence-electron chi connectivity index (χ0n) is 10.8. The second-order valence-electron chi connectivity index (χ2n) is 4.92. The van der Waals surface area contributed by atoms with Crippen LogP contribution in [0.25, 0.3) is 0 Å². The van der Waals surface area contributed by atoms with E-state index >= 15 is 0 Å². The van der Waals surface area contributed by atoms with Crippen LogP contribution in [0.3, 0.4) is 0 Å². The van der Waals surface area contributed by atoms with E-state index in [0.29, 0.717) is 18.7 Å². The zero-order chi connectivity index (χ0) is 13.7. The Labute approximate surface area is 112 Å². The number of rotatable bonds is 3. The van der Waals surface area contributed by atoms with Gasteiger partial charge in [-0.25, -0.2) is 0 Å². The predicted octanol–water partition coefficient (Wildman–Crippen LogP) is 1.80. The molecule has 0 saturated carbocycles. The van der Waals surface area contributed by atoms with Gasteiger partial charge in [-0.2, -0.15) is 0 Å². The minimum atomic E-state index is -0.751. The third-order valence-corrected chi connectivity index (χ3v) is 3.53. The maximum absolute atomic E-state index is 12.3. The smallest absolute Gasteiger partial charge is 0.303 e. The average Bonchev–Trinajstić information content (AvgIpc) is 2.64. The molecule has 0 aliphatic carbocycles. The van der Waals surface area contributed by atoms with Crippen molar-refractivity contribution in [2.75, 3.05) is 13.1 Å². The van der Waals surface area contributed by atoms with Crippen molar-refractivity contribution in [3.05, 3.63) is 30.1 Å². The molecule has 1 atom stereocenters. The van der Waals surface area contributed by atoms with Crippen LogP contribution in [0.4, 0.5) is 0 Å². The summed E-state index contributed by atoms with van der Waals surface area (Å²) in [6, 6.07) is 3.42. The standard InChI is InChI=1S/C14H18N2O3/c17-13(18)10-11-2-1-8-16(9-5-11)14(19)12-3-6-15-7-4-12/h3-4,6-7,11H,1-2,5,8-10H2,(H,17,18)/t11-/m1/s1. The lowest BCUT2D eigenvalue weighted by Crippen LogP contribution is -2.32. The highest BCUT2D eigenvalue weighted by Crippen LogP contribution is 2.21. The van der Waals surface area contributed by atoms with Gasteiger partial charge in [-0.3, -0.25) is 14.6 Å². The molecule has 5 heteroatoms. The molecule has 102 valence electrons. The number of aromatic nitrogens is 1. The van der Waals surface area contributed by atoms with Crippen LogP contribution in [-0.4, -0.2) is 40.0 Å². The van der Waals surface area contributed by atoms with Crippen molar-refractivity contribution >= 4 is 11.9 Å². The van der Waals surface area contributed by atoms with Gasteiger partial charge in [0.2, 0.25) is 0 Å². The van der Waals surface area contributed by atoms with Crippen LogP contribution in [0.15, 0.2) is 24.5 Å². The van der Waals surface area contributed by atoms with Crippen molar-refractivity contribution < 1.29 is 14.7 Å². The van der Waals surface area contributed by atoms with Gasteiger partial charge >= 0.3 is 5.97 Å². The minimum Gasteiger partial charge on any atom is -0.481 e. The van der Waals surface area contributed by atoms with Crippen molar-refractivity contribution in [2.45, 2.75) is 25.7 Å². The maximum atomic E-state index is 12.3. The number of nitrogens with zero attached hydrogens (tertiary/aromatic N) is 2. The molecule has 2 heterocycles. The summed E-state index contributed by atoms with van der Waals surface area (Å²) in [6.45, 7) is 1.34. The highest BCUT2D eigenvalue weighted by atomic mass is 16.4. The first-order chi connectivity index (χ1) is 9.16. The molecule has 1 aliphatic rings. The Morgan fingerprint density at radius 1 is 1.26 bits per heavy atom. The molecule has 1 saturated heterocycles. The summed E-state index contributed by atoms with van der Waals surface area (Å²) in [5, 5.41) is 8.82. The number of amides is 1. The lowest BCUT2D eigenvalue weighted by molar-refractivity contribution is -0.138. The number of likely N-dealkylation sites (tertiary alicyclic amines) is 1. The van der Waals surface area contributed by atoms with Crippen LogP contribution in [0.1, 0.15) is 36.0 Å². The number of hydrogen-bond donors (Lipinski definition) is 1. The third kappa shape index (κ3) is 3.77. The van der Waals surface area contributed by atoms with E-state index in [2.05, 4.69) is 4.98 Å². The fraction of sp³-hybridized carbons (Fsp3) is 0.500. The molecule has 0 unspecified atom stereocenters. The number of hydrogen-bond acceptors (Lipinski definition) is 3. The molecule has 0 aromatic carbocycles. The SMILES string of the molecule is O=C(O)C[C@@H]1CCCN(C(=O)c2ccncc2)CC1. The Morgan fingerprint density at radius 3 is 2.68 bits per heavy atom. The number of carboxylic acids is 1. The molecule has 0 radical (unpaired) electrons. The molecule has 1 N–H and O–H groups in total. The Hall–Kier alpha value is -1.91. The lowest BCUT2D eigenvalue weighted by Gasteiger charge is -2.20. The Morgan fingerprint density at radius 2 is 2.00 bits per heavy atom. The van der Waals surface area contributed by atoms with Gasteiger partial charge in [0.05, 0.1) is 0 Å². The number of carboxylic acid groups (broad SMARTS) is 1. The van der Waals surface area contributed by atoms with E-state index in [-0.39, 0.29) is 18.2 Å². The summed E-state index contributed by atoms with van der Waals surface area (Å²) >= 11 is 0. The molecule has 1 aromatic rings. The number of pyridine rings is 1. The van der Waals surface area contributed by atoms with Crippen molar-refractivity contribution in [1.29, 1.82) is 0 Å². The zero-order valence-corrected chi connectivity index (χ0v) is 10.8. The molecule has 1 amide bonds. The fourth-order valence-electron chi connectivity index (χ4n) is 2.50. The van der Waals surface area contributed by atoms with Crippen LogP contribution in [-0.2, 0) is 4.79 Å². The highest BCUT2D eigenvalue weighted by molar-refractivity contribution is 5.94. The topological polar surface area (TPSA) is 70.5 Å². The molecule has 0 spiro atoms. The molecule has 1 fully saturated rings. The molecular formula is C14H18N2O3. The van der Waals surface area contributed by atoms with Crippen LogP contribution in [0.5, 0.6) is 0 Å². The minimum absolute atomic E-state index is 0.0124. The second kappa shape index (κ2) is 6.31. The quantitative estimate of drug-likeness (QED) is 0.901. The molecule has 5 nitrogen and oxygen atoms in total. The van der Waals surface area contributed by atoms with E-state index in [4.69, 9.17) is 5.11 Å². The summed E-state index contributed by atoms with van der Waals surface area (Å²) in [4.78, 5) is 28.7. The van der Waals surface area contributed by atoms with E-state index in [1.807, 2.05) is 4.90 Å². The molecule has 19 heavy (non-hydrogen) atoms. The van der Waals surface area contributed by atoms with Crippen molar-refractivity contribution in [2.24, 2.45) is 5.92 Å². The summed E-state index contributed by atoms with van der Waals surface area (Å²) in [6.07, 6.45) is 5.94. The van der Waals surface area contributed by atoms with Gasteiger partial charge in [-0.1, -0.05) is 0 Å². The summed E-state index contributed by atoms with van der Waals surface area (Å²) in [5.74, 6) is -0.551. The van der Waals surface area contributed by atoms with E-state index in [1.165, 1.54) is 0 Å². The van der Waals surface area contributed by atoms with Gasteiger partial charge in [0.15, 0.2) is 0 Å². The van der Waals surface area contributed by atoms with E-state index in [1.54, 1.807) is 24.5 Å². The third-order valence-electron chi connectivity index (χ3n) is 3.53. The summed E-state index contributed by atoms with van der Waals surface area (Å²) < 4.78 is 0. The van der Waals surface area contributed by atoms with E-state index in [9.17, 15) is 9.59 Å². The number of carbonyl (C=O) groups is 2. The molecule has 1 aromatic heterocycles. The van der Waals surface area contributed by atoms with E-state index < -0.39 is 5.97 Å². The molecule has 1 aliphatic heterocycles. The fourth-order valence-corrected chi connectivity index (χ4v) is 2.50.